The third kappa shape index (κ3) is 3.60. The molecule has 0 saturated carbocycles. The number of halogens is 1. The van der Waals surface area contributed by atoms with E-state index in [0.717, 1.165) is 15.3 Å². The highest BCUT2D eigenvalue weighted by Crippen LogP contribution is 2.26. The predicted molar refractivity (Wildman–Crippen MR) is 94.0 cm³/mol. The third-order valence-corrected chi connectivity index (χ3v) is 3.98. The Balaban J connectivity index is 1.60. The van der Waals surface area contributed by atoms with Gasteiger partial charge in [-0.1, -0.05) is 53.8 Å². The number of amides is 2. The molecule has 23 heavy (non-hydrogen) atoms. The summed E-state index contributed by atoms with van der Waals surface area (Å²) in [5, 5.41) is 8.11. The molecule has 0 fully saturated rings. The standard InChI is InChI=1S/C16H14ClN3O2S/c17-12-7-5-11(6-8-12)9-10-18-16(21)20(23)15-13-3-1-2-4-14(13)22-19-15/h1-8,23H,9-10H2,(H,18,21). The van der Waals surface area contributed by atoms with Crippen LogP contribution in [0.25, 0.3) is 11.0 Å². The number of aromatic nitrogens is 1. The lowest BCUT2D eigenvalue weighted by molar-refractivity contribution is 0.250. The summed E-state index contributed by atoms with van der Waals surface area (Å²) >= 11 is 10.1. The van der Waals surface area contributed by atoms with Gasteiger partial charge >= 0.3 is 6.03 Å². The lowest BCUT2D eigenvalue weighted by Crippen LogP contribution is -2.35. The first-order valence-electron chi connectivity index (χ1n) is 7.01. The topological polar surface area (TPSA) is 58.4 Å². The zero-order chi connectivity index (χ0) is 16.2. The highest BCUT2D eigenvalue weighted by Gasteiger charge is 2.18. The molecule has 2 amide bonds. The smallest absolute Gasteiger partial charge is 0.333 e. The largest absolute Gasteiger partial charge is 0.354 e. The molecular formula is C16H14ClN3O2S. The molecule has 0 unspecified atom stereocenters. The van der Waals surface area contributed by atoms with Crippen LogP contribution in [0.15, 0.2) is 53.1 Å². The Bertz CT molecular complexity index is 820. The number of thiol groups is 1. The van der Waals surface area contributed by atoms with Gasteiger partial charge in [0.15, 0.2) is 11.4 Å². The van der Waals surface area contributed by atoms with Crippen molar-refractivity contribution in [1.82, 2.24) is 10.5 Å². The number of anilines is 1. The Morgan fingerprint density at radius 2 is 1.96 bits per heavy atom. The van der Waals surface area contributed by atoms with E-state index in [2.05, 4.69) is 23.3 Å². The normalized spacial score (nSPS) is 10.7. The van der Waals surface area contributed by atoms with Gasteiger partial charge in [0.25, 0.3) is 0 Å². The number of para-hydroxylation sites is 1. The number of rotatable bonds is 4. The molecule has 0 saturated heterocycles. The molecule has 0 aliphatic carbocycles. The maximum absolute atomic E-state index is 12.2. The zero-order valence-electron chi connectivity index (χ0n) is 12.1. The number of nitrogens with one attached hydrogen (secondary N) is 1. The summed E-state index contributed by atoms with van der Waals surface area (Å²) in [4.78, 5) is 12.2. The summed E-state index contributed by atoms with van der Waals surface area (Å²) in [7, 11) is 0. The molecule has 5 nitrogen and oxygen atoms in total. The predicted octanol–water partition coefficient (Wildman–Crippen LogP) is 4.08. The number of fused-ring (bicyclic) bond motifs is 1. The molecule has 3 aromatic rings. The van der Waals surface area contributed by atoms with Crippen LogP contribution in [-0.4, -0.2) is 17.7 Å². The van der Waals surface area contributed by atoms with Crippen LogP contribution in [0.4, 0.5) is 10.6 Å². The second-order valence-corrected chi connectivity index (χ2v) is 5.76. The summed E-state index contributed by atoms with van der Waals surface area (Å²) < 4.78 is 6.32. The fourth-order valence-corrected chi connectivity index (χ4v) is 2.50. The quantitative estimate of drug-likeness (QED) is 0.699. The molecule has 3 rings (SSSR count). The van der Waals surface area contributed by atoms with Crippen molar-refractivity contribution in [2.45, 2.75) is 6.42 Å². The Morgan fingerprint density at radius 3 is 2.74 bits per heavy atom. The molecule has 0 aliphatic heterocycles. The van der Waals surface area contributed by atoms with Gasteiger partial charge in [0.05, 0.1) is 5.39 Å². The van der Waals surface area contributed by atoms with Gasteiger partial charge in [-0.05, 0) is 36.2 Å². The number of hydrogen-bond acceptors (Lipinski definition) is 4. The Kier molecular flexibility index (Phi) is 4.73. The Morgan fingerprint density at radius 1 is 1.22 bits per heavy atom. The van der Waals surface area contributed by atoms with Gasteiger partial charge in [0, 0.05) is 11.6 Å². The van der Waals surface area contributed by atoms with Gasteiger partial charge in [0.1, 0.15) is 0 Å². The van der Waals surface area contributed by atoms with Crippen LogP contribution in [0.3, 0.4) is 0 Å². The average molecular weight is 348 g/mol. The van der Waals surface area contributed by atoms with Crippen molar-refractivity contribution in [3.05, 3.63) is 59.1 Å². The Labute approximate surface area is 143 Å². The second kappa shape index (κ2) is 6.93. The molecule has 0 atom stereocenters. The minimum atomic E-state index is -0.360. The first-order chi connectivity index (χ1) is 11.1. The summed E-state index contributed by atoms with van der Waals surface area (Å²) in [5.41, 5.74) is 1.70. The number of hydrogen-bond donors (Lipinski definition) is 2. The summed E-state index contributed by atoms with van der Waals surface area (Å²) in [6.45, 7) is 0.479. The molecule has 7 heteroatoms. The first-order valence-corrected chi connectivity index (χ1v) is 7.78. The highest BCUT2D eigenvalue weighted by atomic mass is 35.5. The van der Waals surface area contributed by atoms with Crippen LogP contribution in [-0.2, 0) is 6.42 Å². The number of benzene rings is 2. The van der Waals surface area contributed by atoms with Crippen LogP contribution in [0.2, 0.25) is 5.02 Å². The van der Waals surface area contributed by atoms with Crippen LogP contribution in [0.1, 0.15) is 5.56 Å². The monoisotopic (exact) mass is 347 g/mol. The van der Waals surface area contributed by atoms with E-state index in [1.54, 1.807) is 6.07 Å². The van der Waals surface area contributed by atoms with Crippen molar-refractivity contribution in [3.8, 4) is 0 Å². The number of nitrogens with zero attached hydrogens (tertiary/aromatic N) is 2. The molecule has 0 aliphatic rings. The van der Waals surface area contributed by atoms with Crippen molar-refractivity contribution >= 4 is 47.2 Å². The number of carbonyl (C=O) groups is 1. The molecule has 118 valence electrons. The van der Waals surface area contributed by atoms with E-state index in [1.165, 1.54) is 0 Å². The Hall–Kier alpha value is -2.18. The van der Waals surface area contributed by atoms with E-state index in [4.69, 9.17) is 16.1 Å². The van der Waals surface area contributed by atoms with E-state index in [1.807, 2.05) is 42.5 Å². The van der Waals surface area contributed by atoms with Gasteiger partial charge in [0.2, 0.25) is 0 Å². The van der Waals surface area contributed by atoms with Gasteiger partial charge in [-0.3, -0.25) is 0 Å². The fourth-order valence-electron chi connectivity index (χ4n) is 2.16. The van der Waals surface area contributed by atoms with E-state index in [-0.39, 0.29) is 6.03 Å². The molecule has 1 aromatic heterocycles. The van der Waals surface area contributed by atoms with Gasteiger partial charge in [-0.15, -0.1) is 0 Å². The number of urea groups is 1. The van der Waals surface area contributed by atoms with Crippen molar-refractivity contribution in [2.24, 2.45) is 0 Å². The maximum Gasteiger partial charge on any atom is 0.333 e. The van der Waals surface area contributed by atoms with Crippen molar-refractivity contribution in [3.63, 3.8) is 0 Å². The molecule has 1 N–H and O–H groups in total. The molecule has 0 spiro atoms. The summed E-state index contributed by atoms with van der Waals surface area (Å²) in [6.07, 6.45) is 0.699. The highest BCUT2D eigenvalue weighted by molar-refractivity contribution is 7.82. The van der Waals surface area contributed by atoms with Crippen LogP contribution in [0.5, 0.6) is 0 Å². The summed E-state index contributed by atoms with van der Waals surface area (Å²) in [5.74, 6) is 0.368. The second-order valence-electron chi connectivity index (χ2n) is 4.92. The van der Waals surface area contributed by atoms with Crippen LogP contribution < -0.4 is 9.62 Å². The van der Waals surface area contributed by atoms with E-state index in [9.17, 15) is 4.79 Å². The van der Waals surface area contributed by atoms with Gasteiger partial charge < -0.3 is 9.84 Å². The first kappa shape index (κ1) is 15.7. The van der Waals surface area contributed by atoms with Crippen molar-refractivity contribution in [2.75, 3.05) is 10.8 Å². The lowest BCUT2D eigenvalue weighted by Gasteiger charge is -2.13. The fraction of sp³-hybridized carbons (Fsp3) is 0.125. The number of carbonyl (C=O) groups excluding carboxylic acids is 1. The van der Waals surface area contributed by atoms with E-state index >= 15 is 0 Å². The van der Waals surface area contributed by atoms with Gasteiger partial charge in [-0.25, -0.2) is 9.10 Å². The van der Waals surface area contributed by atoms with Crippen molar-refractivity contribution in [1.29, 1.82) is 0 Å². The maximum atomic E-state index is 12.2. The molecular weight excluding hydrogens is 334 g/mol. The molecule has 1 heterocycles. The lowest BCUT2D eigenvalue weighted by atomic mass is 10.1. The average Bonchev–Trinajstić information content (AvgIpc) is 3.00. The third-order valence-electron chi connectivity index (χ3n) is 3.35. The molecule has 2 aromatic carbocycles. The van der Waals surface area contributed by atoms with Gasteiger partial charge in [-0.2, -0.15) is 0 Å². The van der Waals surface area contributed by atoms with Crippen molar-refractivity contribution < 1.29 is 9.32 Å². The molecule has 0 bridgehead atoms. The van der Waals surface area contributed by atoms with Crippen LogP contribution >= 0.6 is 24.4 Å². The van der Waals surface area contributed by atoms with Crippen LogP contribution in [0, 0.1) is 0 Å². The SMILES string of the molecule is O=C(NCCc1ccc(Cl)cc1)N(S)c1noc2ccccc12. The van der Waals surface area contributed by atoms with E-state index < -0.39 is 0 Å². The summed E-state index contributed by atoms with van der Waals surface area (Å²) in [6, 6.07) is 14.4. The molecule has 0 radical (unpaired) electrons. The zero-order valence-corrected chi connectivity index (χ0v) is 13.7. The van der Waals surface area contributed by atoms with E-state index in [0.29, 0.717) is 29.4 Å². The minimum Gasteiger partial charge on any atom is -0.354 e. The minimum absolute atomic E-state index is 0.360.